The molecule has 0 unspecified atom stereocenters. The van der Waals surface area contributed by atoms with Gasteiger partial charge in [-0.2, -0.15) is 11.1 Å². The van der Waals surface area contributed by atoms with E-state index in [0.717, 1.165) is 0 Å². The molecule has 0 saturated heterocycles. The molecule has 1 aliphatic carbocycles. The van der Waals surface area contributed by atoms with Gasteiger partial charge in [0.25, 0.3) is 0 Å². The topological polar surface area (TPSA) is 0 Å². The fourth-order valence-electron chi connectivity index (χ4n) is 1.41. The van der Waals surface area contributed by atoms with E-state index in [1.807, 2.05) is 0 Å². The van der Waals surface area contributed by atoms with E-state index in [4.69, 9.17) is 0 Å². The predicted molar refractivity (Wildman–Crippen MR) is 44.6 cm³/mol. The predicted octanol–water partition coefficient (Wildman–Crippen LogP) is -2.88. The minimum atomic E-state index is 0. The minimum absolute atomic E-state index is 0. The normalized spacial score (nSPS) is 18.1. The molecule has 0 aromatic rings. The first-order valence-electron chi connectivity index (χ1n) is 3.75. The quantitative estimate of drug-likeness (QED) is 0.421. The number of allylic oxidation sites excluding steroid dienone is 4. The van der Waals surface area contributed by atoms with Gasteiger partial charge < -0.3 is 24.8 Å². The second kappa shape index (κ2) is 6.61. The molecule has 0 nitrogen and oxygen atoms in total. The molecule has 0 heterocycles. The Morgan fingerprint density at radius 3 is 1.46 bits per heavy atom. The van der Waals surface area contributed by atoms with Crippen molar-refractivity contribution >= 4 is 0 Å². The van der Waals surface area contributed by atoms with Gasteiger partial charge in [0.1, 0.15) is 0 Å². The molecule has 0 N–H and O–H groups in total. The van der Waals surface area contributed by atoms with Crippen molar-refractivity contribution in [3.8, 4) is 0 Å². The Bertz CT molecular complexity index is 227. The van der Waals surface area contributed by atoms with Crippen molar-refractivity contribution in [2.45, 2.75) is 34.6 Å². The molecular weight excluding hydrogens is 280 g/mol. The molecule has 0 bridgehead atoms. The van der Waals surface area contributed by atoms with Crippen molar-refractivity contribution in [3.05, 3.63) is 22.8 Å². The summed E-state index contributed by atoms with van der Waals surface area (Å²) in [6, 6.07) is 0. The Balaban J connectivity index is -0.000000333. The standard InChI is InChI=1S/C10H15.2ClH.Y/c1-7-6-10(4,5)9(3)8(7)2;;;/h1-5H3;2*1H;/q-1;;;+3/p-2. The summed E-state index contributed by atoms with van der Waals surface area (Å²) < 4.78 is 0. The van der Waals surface area contributed by atoms with Crippen LogP contribution in [0, 0.1) is 11.5 Å². The number of halogens is 2. The molecule has 0 fully saturated rings. The third-order valence-electron chi connectivity index (χ3n) is 2.56. The molecule has 1 aliphatic rings. The monoisotopic (exact) mass is 294 g/mol. The maximum Gasteiger partial charge on any atom is 3.00 e. The van der Waals surface area contributed by atoms with E-state index in [2.05, 4.69) is 40.7 Å². The number of rotatable bonds is 0. The summed E-state index contributed by atoms with van der Waals surface area (Å²) in [6.45, 7) is 10.9. The third-order valence-corrected chi connectivity index (χ3v) is 2.56. The van der Waals surface area contributed by atoms with Crippen LogP contribution in [0.15, 0.2) is 16.7 Å². The van der Waals surface area contributed by atoms with E-state index in [0.29, 0.717) is 0 Å². The first-order chi connectivity index (χ1) is 4.45. The van der Waals surface area contributed by atoms with Crippen molar-refractivity contribution in [1.29, 1.82) is 0 Å². The summed E-state index contributed by atoms with van der Waals surface area (Å²) in [5.74, 6) is 0. The zero-order chi connectivity index (χ0) is 7.94. The van der Waals surface area contributed by atoms with Crippen molar-refractivity contribution in [1.82, 2.24) is 0 Å². The van der Waals surface area contributed by atoms with E-state index in [-0.39, 0.29) is 62.9 Å². The van der Waals surface area contributed by atoms with Crippen LogP contribution in [-0.4, -0.2) is 0 Å². The molecular formula is C10H15Cl2Y. The van der Waals surface area contributed by atoms with Gasteiger partial charge in [-0.1, -0.05) is 33.1 Å². The number of hydrogen-bond acceptors (Lipinski definition) is 0. The molecule has 0 amide bonds. The van der Waals surface area contributed by atoms with Crippen LogP contribution >= 0.6 is 0 Å². The molecule has 72 valence electrons. The van der Waals surface area contributed by atoms with Crippen LogP contribution in [-0.2, 0) is 32.7 Å². The van der Waals surface area contributed by atoms with Gasteiger partial charge in [0.2, 0.25) is 0 Å². The Morgan fingerprint density at radius 1 is 1.00 bits per heavy atom. The van der Waals surface area contributed by atoms with E-state index in [1.54, 1.807) is 0 Å². The van der Waals surface area contributed by atoms with Crippen molar-refractivity contribution in [2.24, 2.45) is 5.41 Å². The van der Waals surface area contributed by atoms with Gasteiger partial charge in [0, 0.05) is 0 Å². The van der Waals surface area contributed by atoms with Crippen molar-refractivity contribution in [3.63, 3.8) is 0 Å². The molecule has 0 saturated carbocycles. The summed E-state index contributed by atoms with van der Waals surface area (Å²) >= 11 is 0. The molecule has 0 atom stereocenters. The summed E-state index contributed by atoms with van der Waals surface area (Å²) in [5, 5.41) is 0. The van der Waals surface area contributed by atoms with Crippen LogP contribution in [0.2, 0.25) is 0 Å². The maximum absolute atomic E-state index is 3.44. The Morgan fingerprint density at radius 2 is 1.38 bits per heavy atom. The third kappa shape index (κ3) is 4.04. The van der Waals surface area contributed by atoms with Crippen molar-refractivity contribution in [2.75, 3.05) is 0 Å². The maximum atomic E-state index is 3.44. The van der Waals surface area contributed by atoms with Gasteiger partial charge in [0.15, 0.2) is 0 Å². The van der Waals surface area contributed by atoms with Crippen LogP contribution < -0.4 is 24.8 Å². The number of hydrogen-bond donors (Lipinski definition) is 0. The first-order valence-corrected chi connectivity index (χ1v) is 3.75. The summed E-state index contributed by atoms with van der Waals surface area (Å²) in [5.41, 5.74) is 4.39. The van der Waals surface area contributed by atoms with E-state index in [1.165, 1.54) is 16.7 Å². The van der Waals surface area contributed by atoms with Gasteiger partial charge in [-0.05, 0) is 0 Å². The smallest absolute Gasteiger partial charge is 1.00 e. The van der Waals surface area contributed by atoms with Crippen LogP contribution in [0.4, 0.5) is 0 Å². The average molecular weight is 295 g/mol. The molecule has 13 heavy (non-hydrogen) atoms. The van der Waals surface area contributed by atoms with Crippen LogP contribution in [0.3, 0.4) is 0 Å². The zero-order valence-corrected chi connectivity index (χ0v) is 13.2. The van der Waals surface area contributed by atoms with E-state index in [9.17, 15) is 0 Å². The SMILES string of the molecule is CC1=[C-]C(C)(C)C(C)=C1C.[Cl-].[Cl-].[Y+3]. The fourth-order valence-corrected chi connectivity index (χ4v) is 1.41. The summed E-state index contributed by atoms with van der Waals surface area (Å²) in [6.07, 6.45) is 3.44. The molecule has 0 radical (unpaired) electrons. The van der Waals surface area contributed by atoms with Crippen molar-refractivity contribution < 1.29 is 57.5 Å². The summed E-state index contributed by atoms with van der Waals surface area (Å²) in [7, 11) is 0. The van der Waals surface area contributed by atoms with E-state index >= 15 is 0 Å². The van der Waals surface area contributed by atoms with Crippen LogP contribution in [0.25, 0.3) is 0 Å². The van der Waals surface area contributed by atoms with Gasteiger partial charge in [-0.3, -0.25) is 6.08 Å². The molecule has 1 rings (SSSR count). The Hall–Kier alpha value is 1.16. The second-order valence-corrected chi connectivity index (χ2v) is 3.62. The Labute approximate surface area is 119 Å². The molecule has 0 aromatic carbocycles. The largest absolute Gasteiger partial charge is 3.00 e. The molecule has 3 heteroatoms. The van der Waals surface area contributed by atoms with Gasteiger partial charge in [0.05, 0.1) is 0 Å². The summed E-state index contributed by atoms with van der Waals surface area (Å²) in [4.78, 5) is 0. The molecule has 0 aromatic heterocycles. The average Bonchev–Trinajstić information content (AvgIpc) is 1.95. The van der Waals surface area contributed by atoms with Crippen LogP contribution in [0.1, 0.15) is 34.6 Å². The fraction of sp³-hybridized carbons (Fsp3) is 0.600. The zero-order valence-electron chi connectivity index (χ0n) is 8.83. The van der Waals surface area contributed by atoms with Crippen LogP contribution in [0.5, 0.6) is 0 Å². The van der Waals surface area contributed by atoms with Gasteiger partial charge >= 0.3 is 32.7 Å². The van der Waals surface area contributed by atoms with Gasteiger partial charge in [-0.15, -0.1) is 6.92 Å². The second-order valence-electron chi connectivity index (χ2n) is 3.62. The minimum Gasteiger partial charge on any atom is -1.00 e. The molecule has 0 spiro atoms. The Kier molecular flexibility index (Phi) is 10.0. The first kappa shape index (κ1) is 19.7. The molecule has 0 aliphatic heterocycles. The van der Waals surface area contributed by atoms with E-state index < -0.39 is 0 Å². The van der Waals surface area contributed by atoms with Gasteiger partial charge in [-0.25, -0.2) is 5.57 Å².